The highest BCUT2D eigenvalue weighted by Gasteiger charge is 2.19. The van der Waals surface area contributed by atoms with E-state index in [-0.39, 0.29) is 5.75 Å². The van der Waals surface area contributed by atoms with Crippen molar-refractivity contribution < 1.29 is 15.0 Å². The average Bonchev–Trinajstić information content (AvgIpc) is 2.14. The van der Waals surface area contributed by atoms with E-state index >= 15 is 0 Å². The Kier molecular flexibility index (Phi) is 4.12. The molecule has 0 spiro atoms. The van der Waals surface area contributed by atoms with E-state index < -0.39 is 12.0 Å². The van der Waals surface area contributed by atoms with E-state index in [0.29, 0.717) is 14.5 Å². The van der Waals surface area contributed by atoms with Gasteiger partial charge in [0.1, 0.15) is 11.8 Å². The summed E-state index contributed by atoms with van der Waals surface area (Å²) in [5.74, 6) is -0.916. The van der Waals surface area contributed by atoms with Crippen LogP contribution in [0.3, 0.4) is 0 Å². The lowest BCUT2D eigenvalue weighted by Crippen LogP contribution is -2.24. The third-order valence-electron chi connectivity index (χ3n) is 1.91. The van der Waals surface area contributed by atoms with Gasteiger partial charge in [-0.1, -0.05) is 0 Å². The van der Waals surface area contributed by atoms with E-state index in [0.717, 1.165) is 0 Å². The molecule has 0 aliphatic carbocycles. The molecule has 0 aromatic heterocycles. The van der Waals surface area contributed by atoms with Gasteiger partial charge < -0.3 is 15.5 Å². The number of hydrogen-bond donors (Lipinski definition) is 3. The maximum Gasteiger partial charge on any atom is 0.325 e. The fourth-order valence-corrected chi connectivity index (χ4v) is 2.41. The molecule has 0 heterocycles. The maximum absolute atomic E-state index is 10.9. The zero-order valence-electron chi connectivity index (χ0n) is 7.79. The quantitative estimate of drug-likeness (QED) is 0.790. The first kappa shape index (κ1) is 12.5. The molecule has 1 aromatic rings. The molecule has 0 fully saturated rings. The Balaban J connectivity index is 3.20. The second kappa shape index (κ2) is 4.96. The van der Waals surface area contributed by atoms with E-state index in [1.807, 2.05) is 0 Å². The number of benzene rings is 1. The van der Waals surface area contributed by atoms with Crippen LogP contribution < -0.4 is 5.32 Å². The number of aromatic hydroxyl groups is 1. The van der Waals surface area contributed by atoms with Gasteiger partial charge >= 0.3 is 5.97 Å². The van der Waals surface area contributed by atoms with Gasteiger partial charge in [0.2, 0.25) is 0 Å². The summed E-state index contributed by atoms with van der Waals surface area (Å²) in [5.41, 5.74) is 0.557. The van der Waals surface area contributed by atoms with Crippen molar-refractivity contribution in [2.45, 2.75) is 6.04 Å². The van der Waals surface area contributed by atoms with E-state index in [9.17, 15) is 9.90 Å². The van der Waals surface area contributed by atoms with Gasteiger partial charge in [0.25, 0.3) is 0 Å². The topological polar surface area (TPSA) is 69.6 Å². The molecule has 0 aliphatic rings. The second-order valence-corrected chi connectivity index (χ2v) is 4.60. The van der Waals surface area contributed by atoms with Crippen LogP contribution >= 0.6 is 31.9 Å². The molecule has 0 radical (unpaired) electrons. The molecule has 1 atom stereocenters. The van der Waals surface area contributed by atoms with Crippen LogP contribution in [0.1, 0.15) is 11.6 Å². The van der Waals surface area contributed by atoms with Gasteiger partial charge in [-0.2, -0.15) is 0 Å². The van der Waals surface area contributed by atoms with Crippen LogP contribution in [-0.2, 0) is 4.79 Å². The molecule has 1 unspecified atom stereocenters. The fraction of sp³-hybridized carbons (Fsp3) is 0.222. The fourth-order valence-electron chi connectivity index (χ4n) is 1.18. The summed E-state index contributed by atoms with van der Waals surface area (Å²) in [6, 6.07) is 2.34. The monoisotopic (exact) mass is 337 g/mol. The van der Waals surface area contributed by atoms with Crippen molar-refractivity contribution in [3.63, 3.8) is 0 Å². The number of carbonyl (C=O) groups is 1. The van der Waals surface area contributed by atoms with Gasteiger partial charge in [-0.05, 0) is 56.6 Å². The Labute approximate surface area is 104 Å². The minimum atomic E-state index is -0.970. The molecule has 0 aliphatic heterocycles. The highest BCUT2D eigenvalue weighted by atomic mass is 79.9. The highest BCUT2D eigenvalue weighted by molar-refractivity contribution is 9.11. The molecule has 6 heteroatoms. The van der Waals surface area contributed by atoms with Crippen LogP contribution in [-0.4, -0.2) is 23.2 Å². The average molecular weight is 339 g/mol. The number of rotatable bonds is 3. The summed E-state index contributed by atoms with van der Waals surface area (Å²) in [6.45, 7) is 0. The predicted octanol–water partition coefficient (Wildman–Crippen LogP) is 2.26. The molecule has 82 valence electrons. The molecular formula is C9H9Br2NO3. The van der Waals surface area contributed by atoms with Crippen molar-refractivity contribution in [1.29, 1.82) is 0 Å². The standard InChI is InChI=1S/C9H9Br2NO3/c1-12-7(9(14)15)4-2-5(10)8(13)6(11)3-4/h2-3,7,12-13H,1H3,(H,14,15). The molecule has 0 saturated heterocycles. The number of carboxylic acid groups (broad SMARTS) is 1. The number of phenols is 1. The Bertz CT molecular complexity index is 372. The summed E-state index contributed by atoms with van der Waals surface area (Å²) >= 11 is 6.29. The Hall–Kier alpha value is -0.590. The molecular weight excluding hydrogens is 330 g/mol. The molecule has 0 bridgehead atoms. The predicted molar refractivity (Wildman–Crippen MR) is 62.9 cm³/mol. The number of likely N-dealkylation sites (N-methyl/N-ethyl adjacent to an activating group) is 1. The van der Waals surface area contributed by atoms with Crippen molar-refractivity contribution in [2.24, 2.45) is 0 Å². The minimum Gasteiger partial charge on any atom is -0.506 e. The molecule has 1 rings (SSSR count). The first-order valence-corrected chi connectivity index (χ1v) is 5.64. The number of carboxylic acids is 1. The molecule has 1 aromatic carbocycles. The van der Waals surface area contributed by atoms with Crippen molar-refractivity contribution in [3.05, 3.63) is 26.6 Å². The van der Waals surface area contributed by atoms with Crippen LogP contribution in [0, 0.1) is 0 Å². The lowest BCUT2D eigenvalue weighted by molar-refractivity contribution is -0.139. The van der Waals surface area contributed by atoms with Crippen molar-refractivity contribution in [3.8, 4) is 5.75 Å². The van der Waals surface area contributed by atoms with E-state index in [1.165, 1.54) is 0 Å². The summed E-state index contributed by atoms with van der Waals surface area (Å²) < 4.78 is 0.904. The zero-order chi connectivity index (χ0) is 11.6. The first-order chi connectivity index (χ1) is 6.97. The zero-order valence-corrected chi connectivity index (χ0v) is 11.0. The van der Waals surface area contributed by atoms with E-state index in [1.54, 1.807) is 19.2 Å². The van der Waals surface area contributed by atoms with E-state index in [4.69, 9.17) is 5.11 Å². The molecule has 0 saturated carbocycles. The van der Waals surface area contributed by atoms with Gasteiger partial charge in [0, 0.05) is 0 Å². The number of halogens is 2. The summed E-state index contributed by atoms with van der Waals surface area (Å²) in [5, 5.41) is 21.1. The Morgan fingerprint density at radius 1 is 1.40 bits per heavy atom. The smallest absolute Gasteiger partial charge is 0.325 e. The summed E-state index contributed by atoms with van der Waals surface area (Å²) in [6.07, 6.45) is 0. The Morgan fingerprint density at radius 2 is 1.87 bits per heavy atom. The molecule has 15 heavy (non-hydrogen) atoms. The van der Waals surface area contributed by atoms with Crippen LogP contribution in [0.2, 0.25) is 0 Å². The van der Waals surface area contributed by atoms with Crippen molar-refractivity contribution >= 4 is 37.8 Å². The summed E-state index contributed by atoms with van der Waals surface area (Å²) in [7, 11) is 1.56. The van der Waals surface area contributed by atoms with Crippen LogP contribution in [0.5, 0.6) is 5.75 Å². The van der Waals surface area contributed by atoms with Crippen molar-refractivity contribution in [2.75, 3.05) is 7.05 Å². The van der Waals surface area contributed by atoms with E-state index in [2.05, 4.69) is 37.2 Å². The van der Waals surface area contributed by atoms with Crippen molar-refractivity contribution in [1.82, 2.24) is 5.32 Å². The Morgan fingerprint density at radius 3 is 2.20 bits per heavy atom. The molecule has 3 N–H and O–H groups in total. The lowest BCUT2D eigenvalue weighted by Gasteiger charge is -2.13. The molecule has 0 amide bonds. The normalized spacial score (nSPS) is 12.5. The third-order valence-corrected chi connectivity index (χ3v) is 3.12. The number of phenolic OH excluding ortho intramolecular Hbond substituents is 1. The largest absolute Gasteiger partial charge is 0.506 e. The number of nitrogens with one attached hydrogen (secondary N) is 1. The molecule has 4 nitrogen and oxygen atoms in total. The SMILES string of the molecule is CNC(C(=O)O)c1cc(Br)c(O)c(Br)c1. The first-order valence-electron chi connectivity index (χ1n) is 4.05. The van der Waals surface area contributed by atoms with Gasteiger partial charge in [0.05, 0.1) is 8.95 Å². The lowest BCUT2D eigenvalue weighted by atomic mass is 10.1. The highest BCUT2D eigenvalue weighted by Crippen LogP contribution is 2.35. The van der Waals surface area contributed by atoms with Gasteiger partial charge in [-0.3, -0.25) is 4.79 Å². The minimum absolute atomic E-state index is 0.0546. The number of hydrogen-bond acceptors (Lipinski definition) is 3. The number of aliphatic carboxylic acids is 1. The van der Waals surface area contributed by atoms with Crippen LogP contribution in [0.25, 0.3) is 0 Å². The van der Waals surface area contributed by atoms with Gasteiger partial charge in [0.15, 0.2) is 0 Å². The van der Waals surface area contributed by atoms with Gasteiger partial charge in [-0.15, -0.1) is 0 Å². The van der Waals surface area contributed by atoms with Gasteiger partial charge in [-0.25, -0.2) is 0 Å². The third kappa shape index (κ3) is 2.70. The second-order valence-electron chi connectivity index (χ2n) is 2.89. The van der Waals surface area contributed by atoms with Crippen LogP contribution in [0.15, 0.2) is 21.1 Å². The maximum atomic E-state index is 10.9. The summed E-state index contributed by atoms with van der Waals surface area (Å²) in [4.78, 5) is 10.9. The van der Waals surface area contributed by atoms with Crippen LogP contribution in [0.4, 0.5) is 0 Å².